The molecule has 8 heteroatoms. The number of aldehydes is 1. The average molecular weight is 394 g/mol. The van der Waals surface area contributed by atoms with Crippen LogP contribution in [0.4, 0.5) is 0 Å². The van der Waals surface area contributed by atoms with Crippen molar-refractivity contribution in [1.82, 2.24) is 9.78 Å². The molecule has 0 N–H and O–H groups in total. The molecule has 0 saturated heterocycles. The Labute approximate surface area is 166 Å². The maximum absolute atomic E-state index is 12.9. The molecule has 0 unspecified atom stereocenters. The number of ketones is 1. The smallest absolute Gasteiger partial charge is 0.356 e. The minimum Gasteiger partial charge on any atom is -0.497 e. The number of aryl methyl sites for hydroxylation is 1. The molecule has 0 spiro atoms. The van der Waals surface area contributed by atoms with Crippen LogP contribution in [0.25, 0.3) is 0 Å². The van der Waals surface area contributed by atoms with E-state index in [-0.39, 0.29) is 34.2 Å². The third-order valence-corrected chi connectivity index (χ3v) is 4.25. The van der Waals surface area contributed by atoms with E-state index in [9.17, 15) is 14.4 Å². The molecule has 8 nitrogen and oxygen atoms in total. The number of ether oxygens (including phenoxy) is 3. The molecule has 0 atom stereocenters. The van der Waals surface area contributed by atoms with Crippen molar-refractivity contribution in [2.75, 3.05) is 14.2 Å². The van der Waals surface area contributed by atoms with Crippen molar-refractivity contribution < 1.29 is 28.6 Å². The number of hydrogen-bond donors (Lipinski definition) is 0. The quantitative estimate of drug-likeness (QED) is 0.345. The fourth-order valence-electron chi connectivity index (χ4n) is 2.75. The van der Waals surface area contributed by atoms with Gasteiger partial charge in [-0.25, -0.2) is 4.79 Å². The van der Waals surface area contributed by atoms with Crippen molar-refractivity contribution in [3.05, 3.63) is 70.9 Å². The van der Waals surface area contributed by atoms with Gasteiger partial charge < -0.3 is 14.2 Å². The van der Waals surface area contributed by atoms with Gasteiger partial charge in [0.25, 0.3) is 0 Å². The molecule has 0 amide bonds. The molecule has 0 radical (unpaired) electrons. The Kier molecular flexibility index (Phi) is 5.73. The van der Waals surface area contributed by atoms with Crippen molar-refractivity contribution in [3.63, 3.8) is 0 Å². The third-order valence-electron chi connectivity index (χ3n) is 4.25. The number of carbonyl (C=O) groups excluding carboxylic acids is 3. The fourth-order valence-corrected chi connectivity index (χ4v) is 2.75. The van der Waals surface area contributed by atoms with Crippen LogP contribution in [0.5, 0.6) is 17.4 Å². The molecule has 3 rings (SSSR count). The highest BCUT2D eigenvalue weighted by atomic mass is 16.5. The van der Waals surface area contributed by atoms with Crippen molar-refractivity contribution in [3.8, 4) is 17.4 Å². The Morgan fingerprint density at radius 1 is 1.07 bits per heavy atom. The second kappa shape index (κ2) is 8.39. The maximum atomic E-state index is 12.9. The molecule has 3 aromatic rings. The summed E-state index contributed by atoms with van der Waals surface area (Å²) in [7, 11) is 4.35. The minimum absolute atomic E-state index is 0.0820. The topological polar surface area (TPSA) is 96.7 Å². The summed E-state index contributed by atoms with van der Waals surface area (Å²) in [5.74, 6) is -0.0601. The SMILES string of the molecule is COC(=O)c1cc(Oc2cccc(C(=O)c3ccc(OC)cc3)c2C=O)nn1C. The zero-order chi connectivity index (χ0) is 21.0. The lowest BCUT2D eigenvalue weighted by molar-refractivity contribution is 0.0588. The first kappa shape index (κ1) is 19.8. The molecule has 0 fully saturated rings. The minimum atomic E-state index is -0.575. The van der Waals surface area contributed by atoms with Crippen LogP contribution < -0.4 is 9.47 Å². The van der Waals surface area contributed by atoms with Crippen LogP contribution in [0.2, 0.25) is 0 Å². The van der Waals surface area contributed by atoms with Crippen LogP contribution in [0.3, 0.4) is 0 Å². The van der Waals surface area contributed by atoms with Crippen LogP contribution in [-0.2, 0) is 11.8 Å². The number of methoxy groups -OCH3 is 2. The van der Waals surface area contributed by atoms with E-state index in [4.69, 9.17) is 9.47 Å². The maximum Gasteiger partial charge on any atom is 0.356 e. The molecule has 1 aromatic heterocycles. The normalized spacial score (nSPS) is 10.3. The number of esters is 1. The lowest BCUT2D eigenvalue weighted by Crippen LogP contribution is -2.07. The highest BCUT2D eigenvalue weighted by Gasteiger charge is 2.20. The van der Waals surface area contributed by atoms with E-state index in [0.29, 0.717) is 17.6 Å². The Balaban J connectivity index is 1.94. The van der Waals surface area contributed by atoms with Gasteiger partial charge in [-0.15, -0.1) is 5.10 Å². The van der Waals surface area contributed by atoms with Crippen molar-refractivity contribution >= 4 is 18.0 Å². The summed E-state index contributed by atoms with van der Waals surface area (Å²) in [5.41, 5.74) is 0.850. The van der Waals surface area contributed by atoms with Crippen LogP contribution in [0.15, 0.2) is 48.5 Å². The van der Waals surface area contributed by atoms with E-state index in [1.165, 1.54) is 25.0 Å². The highest BCUT2D eigenvalue weighted by Crippen LogP contribution is 2.28. The fraction of sp³-hybridized carbons (Fsp3) is 0.143. The number of aromatic nitrogens is 2. The van der Waals surface area contributed by atoms with Gasteiger partial charge in [-0.2, -0.15) is 0 Å². The third kappa shape index (κ3) is 4.01. The average Bonchev–Trinajstić information content (AvgIpc) is 3.12. The molecule has 0 bridgehead atoms. The van der Waals surface area contributed by atoms with Crippen LogP contribution >= 0.6 is 0 Å². The number of benzene rings is 2. The van der Waals surface area contributed by atoms with E-state index in [1.54, 1.807) is 49.5 Å². The Bertz CT molecular complexity index is 1070. The largest absolute Gasteiger partial charge is 0.497 e. The number of hydrogen-bond acceptors (Lipinski definition) is 7. The molecule has 148 valence electrons. The molecule has 29 heavy (non-hydrogen) atoms. The molecule has 0 saturated carbocycles. The summed E-state index contributed by atoms with van der Waals surface area (Å²) in [6.45, 7) is 0. The van der Waals surface area contributed by atoms with Crippen molar-refractivity contribution in [1.29, 1.82) is 0 Å². The monoisotopic (exact) mass is 394 g/mol. The lowest BCUT2D eigenvalue weighted by Gasteiger charge is -2.10. The first-order chi connectivity index (χ1) is 14.0. The second-order valence-electron chi connectivity index (χ2n) is 5.98. The van der Waals surface area contributed by atoms with Gasteiger partial charge in [-0.05, 0) is 30.3 Å². The number of carbonyl (C=O) groups is 3. The molecule has 2 aromatic carbocycles. The Hall–Kier alpha value is -3.94. The number of rotatable bonds is 7. The predicted octanol–water partition coefficient (Wildman–Crippen LogP) is 3.05. The number of nitrogens with zero attached hydrogens (tertiary/aromatic N) is 2. The Morgan fingerprint density at radius 2 is 1.79 bits per heavy atom. The van der Waals surface area contributed by atoms with Gasteiger partial charge in [0.15, 0.2) is 12.1 Å². The van der Waals surface area contributed by atoms with Crippen LogP contribution in [0, 0.1) is 0 Å². The molecule has 1 heterocycles. The van der Waals surface area contributed by atoms with Crippen LogP contribution in [-0.4, -0.2) is 42.0 Å². The van der Waals surface area contributed by atoms with Gasteiger partial charge in [0, 0.05) is 24.2 Å². The highest BCUT2D eigenvalue weighted by molar-refractivity contribution is 6.13. The van der Waals surface area contributed by atoms with Gasteiger partial charge in [-0.1, -0.05) is 12.1 Å². The van der Waals surface area contributed by atoms with E-state index in [2.05, 4.69) is 9.84 Å². The summed E-state index contributed by atoms with van der Waals surface area (Å²) in [6, 6.07) is 12.6. The zero-order valence-corrected chi connectivity index (χ0v) is 16.0. The van der Waals surface area contributed by atoms with Crippen molar-refractivity contribution in [2.24, 2.45) is 7.05 Å². The van der Waals surface area contributed by atoms with Gasteiger partial charge in [-0.3, -0.25) is 14.3 Å². The van der Waals surface area contributed by atoms with Gasteiger partial charge in [0.05, 0.1) is 19.8 Å². The summed E-state index contributed by atoms with van der Waals surface area (Å²) < 4.78 is 16.7. The summed E-state index contributed by atoms with van der Waals surface area (Å²) in [4.78, 5) is 36.4. The van der Waals surface area contributed by atoms with E-state index < -0.39 is 5.97 Å². The lowest BCUT2D eigenvalue weighted by atomic mass is 9.98. The van der Waals surface area contributed by atoms with Gasteiger partial charge in [0.2, 0.25) is 5.88 Å². The zero-order valence-electron chi connectivity index (χ0n) is 16.0. The Morgan fingerprint density at radius 3 is 2.41 bits per heavy atom. The molecular formula is C21H18N2O6. The molecule has 0 aliphatic carbocycles. The second-order valence-corrected chi connectivity index (χ2v) is 5.98. The molecular weight excluding hydrogens is 376 g/mol. The van der Waals surface area contributed by atoms with E-state index in [0.717, 1.165) is 0 Å². The van der Waals surface area contributed by atoms with Crippen LogP contribution in [0.1, 0.15) is 36.8 Å². The first-order valence-corrected chi connectivity index (χ1v) is 8.55. The molecule has 0 aliphatic rings. The summed E-state index contributed by atoms with van der Waals surface area (Å²) in [5, 5.41) is 4.08. The van der Waals surface area contributed by atoms with E-state index in [1.807, 2.05) is 0 Å². The molecule has 0 aliphatic heterocycles. The first-order valence-electron chi connectivity index (χ1n) is 8.55. The van der Waals surface area contributed by atoms with Gasteiger partial charge >= 0.3 is 5.97 Å². The standard InChI is InChI=1S/C21H18N2O6/c1-23-17(21(26)28-3)11-19(22-23)29-18-6-4-5-15(16(18)12-24)20(25)13-7-9-14(27-2)10-8-13/h4-12H,1-3H3. The van der Waals surface area contributed by atoms with Gasteiger partial charge in [0.1, 0.15) is 17.2 Å². The summed E-state index contributed by atoms with van der Waals surface area (Å²) >= 11 is 0. The van der Waals surface area contributed by atoms with Crippen molar-refractivity contribution in [2.45, 2.75) is 0 Å². The van der Waals surface area contributed by atoms with E-state index >= 15 is 0 Å². The predicted molar refractivity (Wildman–Crippen MR) is 103 cm³/mol. The summed E-state index contributed by atoms with van der Waals surface area (Å²) in [6.07, 6.45) is 0.552.